The van der Waals surface area contributed by atoms with Crippen molar-refractivity contribution in [2.45, 2.75) is 13.8 Å². The minimum atomic E-state index is -0.306. The van der Waals surface area contributed by atoms with Crippen LogP contribution in [-0.4, -0.2) is 46.9 Å². The van der Waals surface area contributed by atoms with Gasteiger partial charge in [-0.25, -0.2) is 0 Å². The molecule has 0 unspecified atom stereocenters. The first-order valence-electron chi connectivity index (χ1n) is 4.12. The van der Waals surface area contributed by atoms with Crippen molar-refractivity contribution < 1.29 is 20.4 Å². The van der Waals surface area contributed by atoms with Crippen molar-refractivity contribution in [1.82, 2.24) is 0 Å². The van der Waals surface area contributed by atoms with Gasteiger partial charge in [0.15, 0.2) is 0 Å². The predicted molar refractivity (Wildman–Crippen MR) is 51.3 cm³/mol. The number of aliphatic hydroxyl groups is 4. The van der Waals surface area contributed by atoms with Crippen LogP contribution in [0.5, 0.6) is 0 Å². The fourth-order valence-electron chi connectivity index (χ4n) is 0.199. The van der Waals surface area contributed by atoms with Gasteiger partial charge in [-0.2, -0.15) is 0 Å². The first-order chi connectivity index (χ1) is 6.04. The summed E-state index contributed by atoms with van der Waals surface area (Å²) in [5, 5.41) is 32.9. The summed E-state index contributed by atoms with van der Waals surface area (Å²) in [5.74, 6) is 0. The molecule has 80 valence electrons. The second-order valence-electron chi connectivity index (χ2n) is 3.32. The third-order valence-corrected chi connectivity index (χ3v) is 1.23. The summed E-state index contributed by atoms with van der Waals surface area (Å²) in [4.78, 5) is 0. The Morgan fingerprint density at radius 3 is 1.23 bits per heavy atom. The third-order valence-electron chi connectivity index (χ3n) is 1.23. The second kappa shape index (κ2) is 9.67. The van der Waals surface area contributed by atoms with Crippen LogP contribution in [0.2, 0.25) is 0 Å². The van der Waals surface area contributed by atoms with Crippen molar-refractivity contribution in [2.24, 2.45) is 5.41 Å². The molecule has 13 heavy (non-hydrogen) atoms. The van der Waals surface area contributed by atoms with Gasteiger partial charge in [-0.3, -0.25) is 0 Å². The van der Waals surface area contributed by atoms with E-state index in [1.807, 2.05) is 0 Å². The summed E-state index contributed by atoms with van der Waals surface area (Å²) in [6.07, 6.45) is 2.97. The molecule has 0 bridgehead atoms. The minimum absolute atomic E-state index is 0.0144. The van der Waals surface area contributed by atoms with E-state index >= 15 is 0 Å². The Morgan fingerprint density at radius 1 is 0.846 bits per heavy atom. The fraction of sp³-hybridized carbons (Fsp3) is 0.778. The summed E-state index contributed by atoms with van der Waals surface area (Å²) in [6.45, 7) is 3.72. The highest BCUT2D eigenvalue weighted by atomic mass is 16.3. The van der Waals surface area contributed by atoms with Crippen LogP contribution < -0.4 is 0 Å². The molecule has 4 nitrogen and oxygen atoms in total. The van der Waals surface area contributed by atoms with E-state index in [1.165, 1.54) is 12.2 Å². The first-order valence-corrected chi connectivity index (χ1v) is 4.12. The monoisotopic (exact) mass is 192 g/mol. The Balaban J connectivity index is 0. The van der Waals surface area contributed by atoms with E-state index in [2.05, 4.69) is 0 Å². The van der Waals surface area contributed by atoms with Crippen molar-refractivity contribution >= 4 is 0 Å². The van der Waals surface area contributed by atoms with Gasteiger partial charge in [-0.15, -0.1) is 0 Å². The molecule has 0 amide bonds. The normalized spacial score (nSPS) is 11.2. The average Bonchev–Trinajstić information content (AvgIpc) is 2.16. The molecule has 0 aliphatic heterocycles. The highest BCUT2D eigenvalue weighted by molar-refractivity contribution is 4.78. The highest BCUT2D eigenvalue weighted by Gasteiger charge is 2.13. The number of hydrogen-bond acceptors (Lipinski definition) is 4. The lowest BCUT2D eigenvalue weighted by Gasteiger charge is -2.16. The van der Waals surface area contributed by atoms with Crippen molar-refractivity contribution in [3.63, 3.8) is 0 Å². The number of aliphatic hydroxyl groups excluding tert-OH is 4. The maximum absolute atomic E-state index is 8.43. The zero-order valence-electron chi connectivity index (χ0n) is 8.27. The van der Waals surface area contributed by atoms with Crippen molar-refractivity contribution in [1.29, 1.82) is 0 Å². The first kappa shape index (κ1) is 15.1. The molecule has 0 saturated carbocycles. The van der Waals surface area contributed by atoms with Gasteiger partial charge in [0.2, 0.25) is 0 Å². The maximum atomic E-state index is 8.43. The van der Waals surface area contributed by atoms with Crippen LogP contribution in [-0.2, 0) is 0 Å². The predicted octanol–water partition coefficient (Wildman–Crippen LogP) is -0.476. The van der Waals surface area contributed by atoms with E-state index in [1.54, 1.807) is 13.8 Å². The van der Waals surface area contributed by atoms with Crippen LogP contribution >= 0.6 is 0 Å². The zero-order valence-corrected chi connectivity index (χ0v) is 8.27. The molecule has 0 aromatic carbocycles. The van der Waals surface area contributed by atoms with Crippen molar-refractivity contribution in [3.05, 3.63) is 12.2 Å². The highest BCUT2D eigenvalue weighted by Crippen LogP contribution is 2.10. The number of hydrogen-bond donors (Lipinski definition) is 4. The summed E-state index contributed by atoms with van der Waals surface area (Å²) in [5.41, 5.74) is -0.306. The Kier molecular flexibility index (Phi) is 11.2. The average molecular weight is 192 g/mol. The van der Waals surface area contributed by atoms with Crippen LogP contribution in [0.25, 0.3) is 0 Å². The van der Waals surface area contributed by atoms with E-state index in [9.17, 15) is 0 Å². The number of rotatable bonds is 4. The lowest BCUT2D eigenvalue weighted by Crippen LogP contribution is -2.20. The van der Waals surface area contributed by atoms with Crippen LogP contribution in [0.4, 0.5) is 0 Å². The van der Waals surface area contributed by atoms with Gasteiger partial charge in [-0.05, 0) is 0 Å². The van der Waals surface area contributed by atoms with Crippen LogP contribution in [0.1, 0.15) is 13.8 Å². The van der Waals surface area contributed by atoms with Crippen LogP contribution in [0.15, 0.2) is 12.2 Å². The fourth-order valence-corrected chi connectivity index (χ4v) is 0.199. The zero-order chi connectivity index (χ0) is 10.7. The molecule has 4 N–H and O–H groups in total. The van der Waals surface area contributed by atoms with E-state index in [0.717, 1.165) is 0 Å². The van der Waals surface area contributed by atoms with Gasteiger partial charge in [-0.1, -0.05) is 26.0 Å². The molecule has 0 radical (unpaired) electrons. The van der Waals surface area contributed by atoms with Gasteiger partial charge in [0, 0.05) is 5.41 Å². The molecule has 0 heterocycles. The molecular formula is C9H20O4. The molecule has 0 atom stereocenters. The smallest absolute Gasteiger partial charge is 0.0613 e. The molecule has 0 aliphatic rings. The topological polar surface area (TPSA) is 80.9 Å². The molecule has 0 saturated heterocycles. The minimum Gasteiger partial charge on any atom is -0.396 e. The van der Waals surface area contributed by atoms with E-state index in [4.69, 9.17) is 20.4 Å². The Labute approximate surface area is 79.2 Å². The molecule has 4 heteroatoms. The second-order valence-corrected chi connectivity index (χ2v) is 3.32. The largest absolute Gasteiger partial charge is 0.396 e. The van der Waals surface area contributed by atoms with Gasteiger partial charge in [0.1, 0.15) is 0 Å². The maximum Gasteiger partial charge on any atom is 0.0613 e. The molecule has 0 aliphatic carbocycles. The SMILES string of the molecule is CC(C)(CO)CO.OC/C=C/CO. The summed E-state index contributed by atoms with van der Waals surface area (Å²) < 4.78 is 0. The van der Waals surface area contributed by atoms with Gasteiger partial charge in [0.25, 0.3) is 0 Å². The standard InChI is InChI=1S/C5H12O2.C4H8O2/c1-5(2,3-6)4-7;5-3-1-2-4-6/h6-7H,3-4H2,1-2H3;1-2,5-6H,3-4H2/b;2-1+. The quantitative estimate of drug-likeness (QED) is 0.454. The molecule has 0 aromatic rings. The lowest BCUT2D eigenvalue weighted by atomic mass is 9.97. The lowest BCUT2D eigenvalue weighted by molar-refractivity contribution is 0.0857. The third kappa shape index (κ3) is 14.4. The summed E-state index contributed by atoms with van der Waals surface area (Å²) in [6, 6.07) is 0. The van der Waals surface area contributed by atoms with Crippen LogP contribution in [0, 0.1) is 5.41 Å². The van der Waals surface area contributed by atoms with Crippen molar-refractivity contribution in [2.75, 3.05) is 26.4 Å². The summed E-state index contributed by atoms with van der Waals surface area (Å²) >= 11 is 0. The molecule has 0 aromatic heterocycles. The molecule has 0 spiro atoms. The Bertz CT molecular complexity index is 109. The van der Waals surface area contributed by atoms with E-state index < -0.39 is 0 Å². The molecule has 0 fully saturated rings. The van der Waals surface area contributed by atoms with Gasteiger partial charge in [0.05, 0.1) is 26.4 Å². The summed E-state index contributed by atoms with van der Waals surface area (Å²) in [7, 11) is 0. The Hall–Kier alpha value is -0.420. The van der Waals surface area contributed by atoms with E-state index in [-0.39, 0.29) is 31.8 Å². The molecule has 0 rings (SSSR count). The van der Waals surface area contributed by atoms with Crippen molar-refractivity contribution in [3.8, 4) is 0 Å². The van der Waals surface area contributed by atoms with Gasteiger partial charge < -0.3 is 20.4 Å². The Morgan fingerprint density at radius 2 is 1.15 bits per heavy atom. The molecular weight excluding hydrogens is 172 g/mol. The van der Waals surface area contributed by atoms with Crippen LogP contribution in [0.3, 0.4) is 0 Å². The van der Waals surface area contributed by atoms with Gasteiger partial charge >= 0.3 is 0 Å². The van der Waals surface area contributed by atoms with E-state index in [0.29, 0.717) is 0 Å².